The van der Waals surface area contributed by atoms with E-state index in [-0.39, 0.29) is 11.5 Å². The van der Waals surface area contributed by atoms with Gasteiger partial charge in [-0.2, -0.15) is 5.26 Å². The first-order valence-electron chi connectivity index (χ1n) is 11.0. The SMILES string of the molecule is Cc1cnc(C)c([C@@H](c2ccccc2C#N)[C@@H](C)c2nc(C(=O)Nc3cnoc3)c(O)c(=O)n2C)n1. The number of hydrogen-bond donors (Lipinski definition) is 2. The number of nitrogens with zero attached hydrogens (tertiary/aromatic N) is 6. The van der Waals surface area contributed by atoms with Crippen LogP contribution < -0.4 is 10.9 Å². The van der Waals surface area contributed by atoms with Crippen LogP contribution in [0, 0.1) is 25.2 Å². The molecule has 0 aliphatic heterocycles. The number of carbonyl (C=O) groups is 1. The van der Waals surface area contributed by atoms with Gasteiger partial charge >= 0.3 is 0 Å². The first kappa shape index (κ1) is 24.3. The van der Waals surface area contributed by atoms with E-state index in [1.165, 1.54) is 24.1 Å². The molecule has 0 fully saturated rings. The number of nitriles is 1. The van der Waals surface area contributed by atoms with Crippen molar-refractivity contribution in [3.8, 4) is 11.8 Å². The van der Waals surface area contributed by atoms with Crippen molar-refractivity contribution < 1.29 is 14.4 Å². The van der Waals surface area contributed by atoms with E-state index in [1.807, 2.05) is 32.9 Å². The maximum atomic E-state index is 12.9. The third-order valence-corrected chi connectivity index (χ3v) is 5.94. The van der Waals surface area contributed by atoms with Crippen molar-refractivity contribution in [3.63, 3.8) is 0 Å². The van der Waals surface area contributed by atoms with Gasteiger partial charge in [-0.1, -0.05) is 30.3 Å². The predicted octanol–water partition coefficient (Wildman–Crippen LogP) is 2.94. The van der Waals surface area contributed by atoms with Gasteiger partial charge in [0, 0.05) is 25.1 Å². The molecule has 36 heavy (non-hydrogen) atoms. The fourth-order valence-corrected chi connectivity index (χ4v) is 4.15. The summed E-state index contributed by atoms with van der Waals surface area (Å²) < 4.78 is 5.90. The minimum Gasteiger partial charge on any atom is -0.501 e. The van der Waals surface area contributed by atoms with Crippen molar-refractivity contribution in [2.45, 2.75) is 32.6 Å². The lowest BCUT2D eigenvalue weighted by atomic mass is 9.81. The fraction of sp³-hybridized carbons (Fsp3) is 0.240. The van der Waals surface area contributed by atoms with Crippen LogP contribution in [0.15, 0.2) is 52.2 Å². The highest BCUT2D eigenvalue weighted by Crippen LogP contribution is 2.39. The van der Waals surface area contributed by atoms with E-state index in [1.54, 1.807) is 18.3 Å². The van der Waals surface area contributed by atoms with Gasteiger partial charge in [0.15, 0.2) is 5.69 Å². The zero-order valence-corrected chi connectivity index (χ0v) is 20.1. The molecule has 182 valence electrons. The van der Waals surface area contributed by atoms with Gasteiger partial charge in [0.05, 0.1) is 34.9 Å². The maximum absolute atomic E-state index is 12.9. The third kappa shape index (κ3) is 4.44. The number of benzene rings is 1. The van der Waals surface area contributed by atoms with Gasteiger partial charge in [-0.05, 0) is 25.5 Å². The van der Waals surface area contributed by atoms with Gasteiger partial charge in [-0.25, -0.2) is 4.98 Å². The van der Waals surface area contributed by atoms with Gasteiger partial charge in [-0.3, -0.25) is 24.1 Å². The van der Waals surface area contributed by atoms with Crippen LogP contribution in [0.1, 0.15) is 63.3 Å². The number of nitrogens with one attached hydrogen (secondary N) is 1. The zero-order valence-electron chi connectivity index (χ0n) is 20.1. The van der Waals surface area contributed by atoms with Crippen LogP contribution in [0.5, 0.6) is 5.75 Å². The second-order valence-corrected chi connectivity index (χ2v) is 8.35. The van der Waals surface area contributed by atoms with Crippen LogP contribution in [-0.4, -0.2) is 35.7 Å². The Morgan fingerprint density at radius 3 is 2.67 bits per heavy atom. The molecule has 1 amide bonds. The van der Waals surface area contributed by atoms with Crippen molar-refractivity contribution in [2.24, 2.45) is 7.05 Å². The summed E-state index contributed by atoms with van der Waals surface area (Å²) in [5.41, 5.74) is 2.07. The Morgan fingerprint density at radius 1 is 1.22 bits per heavy atom. The van der Waals surface area contributed by atoms with E-state index in [0.29, 0.717) is 28.2 Å². The monoisotopic (exact) mass is 485 g/mol. The standard InChI is InChI=1S/C25H23N7O4/c1-13-10-27-15(3)20(29-13)19(18-8-6-5-7-16(18)9-26)14(2)23-31-21(22(33)25(35)32(23)4)24(34)30-17-11-28-36-12-17/h5-8,10-12,14,19,33H,1-4H3,(H,30,34)/t14-,19-/m1/s1. The van der Waals surface area contributed by atoms with Crippen LogP contribution in [0.2, 0.25) is 0 Å². The molecule has 0 saturated carbocycles. The Labute approximate surface area is 206 Å². The van der Waals surface area contributed by atoms with Gasteiger partial charge in [-0.15, -0.1) is 0 Å². The number of carbonyl (C=O) groups excluding carboxylic acids is 1. The second kappa shape index (κ2) is 9.79. The number of aromatic hydroxyl groups is 1. The molecular formula is C25H23N7O4. The van der Waals surface area contributed by atoms with E-state index in [4.69, 9.17) is 9.51 Å². The third-order valence-electron chi connectivity index (χ3n) is 5.94. The number of anilines is 1. The van der Waals surface area contributed by atoms with E-state index in [9.17, 15) is 20.0 Å². The Morgan fingerprint density at radius 2 is 1.97 bits per heavy atom. The molecule has 11 nitrogen and oxygen atoms in total. The van der Waals surface area contributed by atoms with Crippen molar-refractivity contribution >= 4 is 11.6 Å². The molecule has 0 aliphatic carbocycles. The van der Waals surface area contributed by atoms with E-state index < -0.39 is 34.7 Å². The molecule has 2 N–H and O–H groups in total. The quantitative estimate of drug-likeness (QED) is 0.418. The van der Waals surface area contributed by atoms with Crippen molar-refractivity contribution in [2.75, 3.05) is 5.32 Å². The number of amides is 1. The Bertz CT molecular complexity index is 1540. The summed E-state index contributed by atoms with van der Waals surface area (Å²) in [5, 5.41) is 26.3. The largest absolute Gasteiger partial charge is 0.501 e. The predicted molar refractivity (Wildman–Crippen MR) is 129 cm³/mol. The van der Waals surface area contributed by atoms with Gasteiger partial charge in [0.2, 0.25) is 5.75 Å². The van der Waals surface area contributed by atoms with Crippen LogP contribution in [0.3, 0.4) is 0 Å². The number of rotatable bonds is 6. The molecule has 1 aromatic carbocycles. The van der Waals surface area contributed by atoms with Crippen LogP contribution >= 0.6 is 0 Å². The molecule has 2 atom stereocenters. The van der Waals surface area contributed by atoms with Crippen LogP contribution in [0.25, 0.3) is 0 Å². The molecule has 0 spiro atoms. The minimum absolute atomic E-state index is 0.216. The smallest absolute Gasteiger partial charge is 0.296 e. The Hall–Kier alpha value is -4.85. The molecule has 0 unspecified atom stereocenters. The summed E-state index contributed by atoms with van der Waals surface area (Å²) in [6.45, 7) is 5.45. The van der Waals surface area contributed by atoms with Gasteiger partial charge < -0.3 is 14.9 Å². The summed E-state index contributed by atoms with van der Waals surface area (Å²) in [6.07, 6.45) is 4.12. The number of aromatic nitrogens is 5. The molecule has 3 aromatic heterocycles. The Kier molecular flexibility index (Phi) is 6.60. The van der Waals surface area contributed by atoms with Gasteiger partial charge in [0.25, 0.3) is 11.5 Å². The maximum Gasteiger partial charge on any atom is 0.296 e. The van der Waals surface area contributed by atoms with Crippen molar-refractivity contribution in [1.82, 2.24) is 24.7 Å². The molecule has 0 saturated heterocycles. The lowest BCUT2D eigenvalue weighted by Crippen LogP contribution is -2.30. The molecule has 0 aliphatic rings. The first-order chi connectivity index (χ1) is 17.2. The molecular weight excluding hydrogens is 462 g/mol. The molecule has 0 bridgehead atoms. The van der Waals surface area contributed by atoms with Crippen LogP contribution in [-0.2, 0) is 7.05 Å². The molecule has 11 heteroatoms. The fourth-order valence-electron chi connectivity index (χ4n) is 4.15. The minimum atomic E-state index is -0.803. The molecule has 4 aromatic rings. The normalized spacial score (nSPS) is 12.5. The average Bonchev–Trinajstić information content (AvgIpc) is 3.38. The first-order valence-corrected chi connectivity index (χ1v) is 11.0. The van der Waals surface area contributed by atoms with E-state index >= 15 is 0 Å². The lowest BCUT2D eigenvalue weighted by Gasteiger charge is -2.27. The Balaban J connectivity index is 1.91. The van der Waals surface area contributed by atoms with Crippen molar-refractivity contribution in [3.05, 3.63) is 93.0 Å². The highest BCUT2D eigenvalue weighted by molar-refractivity contribution is 6.04. The average molecular weight is 486 g/mol. The highest BCUT2D eigenvalue weighted by atomic mass is 16.5. The summed E-state index contributed by atoms with van der Waals surface area (Å²) in [7, 11) is 1.46. The summed E-state index contributed by atoms with van der Waals surface area (Å²) >= 11 is 0. The van der Waals surface area contributed by atoms with Gasteiger partial charge in [0.1, 0.15) is 17.8 Å². The number of hydrogen-bond acceptors (Lipinski definition) is 9. The van der Waals surface area contributed by atoms with E-state index in [0.717, 1.165) is 0 Å². The summed E-state index contributed by atoms with van der Waals surface area (Å²) in [5.74, 6) is -2.47. The highest BCUT2D eigenvalue weighted by Gasteiger charge is 2.32. The van der Waals surface area contributed by atoms with Crippen LogP contribution in [0.4, 0.5) is 5.69 Å². The zero-order chi connectivity index (χ0) is 26.0. The number of aryl methyl sites for hydroxylation is 2. The summed E-state index contributed by atoms with van der Waals surface area (Å²) in [6, 6.07) is 9.32. The topological polar surface area (TPSA) is 160 Å². The lowest BCUT2D eigenvalue weighted by molar-refractivity contribution is 0.101. The molecule has 0 radical (unpaired) electrons. The molecule has 3 heterocycles. The van der Waals surface area contributed by atoms with Crippen molar-refractivity contribution in [1.29, 1.82) is 5.26 Å². The molecule has 4 rings (SSSR count). The van der Waals surface area contributed by atoms with E-state index in [2.05, 4.69) is 26.5 Å². The second-order valence-electron chi connectivity index (χ2n) is 8.35. The summed E-state index contributed by atoms with van der Waals surface area (Å²) in [4.78, 5) is 39.4.